The molecule has 54 valence electrons. The van der Waals surface area contributed by atoms with E-state index in [4.69, 9.17) is 21.5 Å². The molecule has 0 saturated heterocycles. The van der Waals surface area contributed by atoms with Gasteiger partial charge in [0.05, 0.1) is 10.6 Å². The Morgan fingerprint density at radius 1 is 1.50 bits per heavy atom. The number of hydrogen-bond acceptors (Lipinski definition) is 3. The number of phenols is 1. The van der Waals surface area contributed by atoms with Gasteiger partial charge in [-0.25, -0.2) is 0 Å². The van der Waals surface area contributed by atoms with Gasteiger partial charge in [-0.1, -0.05) is 6.07 Å². The maximum absolute atomic E-state index is 9.11. The third kappa shape index (κ3) is 1.30. The van der Waals surface area contributed by atoms with Crippen molar-refractivity contribution in [1.29, 1.82) is 0 Å². The zero-order chi connectivity index (χ0) is 7.56. The SMILES string of the molecule is Nc1cccc(O)c1SCl. The van der Waals surface area contributed by atoms with Gasteiger partial charge >= 0.3 is 0 Å². The monoisotopic (exact) mass is 175 g/mol. The molecule has 0 aromatic heterocycles. The number of nitrogens with two attached hydrogens (primary N) is 1. The molecular formula is C6H6ClNOS. The standard InChI is InChI=1S/C6H6ClNOS/c7-10-6-4(8)2-1-3-5(6)9/h1-3,9H,8H2. The number of hydrogen-bond donors (Lipinski definition) is 2. The van der Waals surface area contributed by atoms with Crippen molar-refractivity contribution in [2.75, 3.05) is 5.73 Å². The molecule has 0 heterocycles. The second-order valence-electron chi connectivity index (χ2n) is 1.77. The summed E-state index contributed by atoms with van der Waals surface area (Å²) in [4.78, 5) is 0.518. The Hall–Kier alpha value is -0.540. The van der Waals surface area contributed by atoms with Crippen molar-refractivity contribution >= 4 is 27.3 Å². The van der Waals surface area contributed by atoms with Crippen LogP contribution in [0.5, 0.6) is 5.75 Å². The van der Waals surface area contributed by atoms with Gasteiger partial charge in [0, 0.05) is 0 Å². The van der Waals surface area contributed by atoms with Crippen molar-refractivity contribution in [3.8, 4) is 5.75 Å². The molecule has 1 rings (SSSR count). The van der Waals surface area contributed by atoms with E-state index < -0.39 is 0 Å². The highest BCUT2D eigenvalue weighted by Gasteiger charge is 2.02. The first-order valence-corrected chi connectivity index (χ1v) is 4.26. The predicted octanol–water partition coefficient (Wildman–Crippen LogP) is 2.22. The fraction of sp³-hybridized carbons (Fsp3) is 0. The summed E-state index contributed by atoms with van der Waals surface area (Å²) in [5.74, 6) is 0.125. The Morgan fingerprint density at radius 3 is 2.60 bits per heavy atom. The minimum Gasteiger partial charge on any atom is -0.507 e. The molecule has 0 spiro atoms. The van der Waals surface area contributed by atoms with Crippen LogP contribution in [0.25, 0.3) is 0 Å². The predicted molar refractivity (Wildman–Crippen MR) is 44.2 cm³/mol. The van der Waals surface area contributed by atoms with E-state index in [-0.39, 0.29) is 5.75 Å². The molecule has 0 saturated carbocycles. The van der Waals surface area contributed by atoms with E-state index >= 15 is 0 Å². The number of phenolic OH excluding ortho intramolecular Hbond substituents is 1. The molecule has 2 nitrogen and oxygen atoms in total. The molecule has 0 bridgehead atoms. The van der Waals surface area contributed by atoms with Crippen LogP contribution in [0.1, 0.15) is 0 Å². The third-order valence-electron chi connectivity index (χ3n) is 1.10. The number of rotatable bonds is 1. The highest BCUT2D eigenvalue weighted by atomic mass is 35.7. The van der Waals surface area contributed by atoms with Crippen LogP contribution < -0.4 is 5.73 Å². The second kappa shape index (κ2) is 3.03. The first-order chi connectivity index (χ1) is 4.75. The van der Waals surface area contributed by atoms with Crippen molar-refractivity contribution in [3.63, 3.8) is 0 Å². The molecule has 3 N–H and O–H groups in total. The lowest BCUT2D eigenvalue weighted by atomic mass is 10.3. The molecular weight excluding hydrogens is 170 g/mol. The molecule has 1 aromatic rings. The van der Waals surface area contributed by atoms with Crippen LogP contribution >= 0.6 is 21.7 Å². The van der Waals surface area contributed by atoms with E-state index in [0.29, 0.717) is 10.6 Å². The Kier molecular flexibility index (Phi) is 2.29. The smallest absolute Gasteiger partial charge is 0.132 e. The van der Waals surface area contributed by atoms with Crippen molar-refractivity contribution < 1.29 is 5.11 Å². The van der Waals surface area contributed by atoms with Crippen molar-refractivity contribution in [1.82, 2.24) is 0 Å². The van der Waals surface area contributed by atoms with E-state index in [0.717, 1.165) is 11.0 Å². The van der Waals surface area contributed by atoms with E-state index in [9.17, 15) is 0 Å². The van der Waals surface area contributed by atoms with Gasteiger partial charge in [0.2, 0.25) is 0 Å². The van der Waals surface area contributed by atoms with Crippen LogP contribution in [0.15, 0.2) is 23.1 Å². The third-order valence-corrected chi connectivity index (χ3v) is 2.16. The molecule has 0 fully saturated rings. The van der Waals surface area contributed by atoms with Gasteiger partial charge in [-0.2, -0.15) is 0 Å². The average Bonchev–Trinajstić information content (AvgIpc) is 1.88. The lowest BCUT2D eigenvalue weighted by molar-refractivity contribution is 0.463. The van der Waals surface area contributed by atoms with Gasteiger partial charge in [0.25, 0.3) is 0 Å². The summed E-state index contributed by atoms with van der Waals surface area (Å²) in [6.07, 6.45) is 0. The fourth-order valence-corrected chi connectivity index (χ4v) is 1.43. The highest BCUT2D eigenvalue weighted by Crippen LogP contribution is 2.35. The van der Waals surface area contributed by atoms with Crippen LogP contribution in [-0.4, -0.2) is 5.11 Å². The van der Waals surface area contributed by atoms with Crippen molar-refractivity contribution in [2.45, 2.75) is 4.90 Å². The van der Waals surface area contributed by atoms with Crippen LogP contribution in [0, 0.1) is 0 Å². The van der Waals surface area contributed by atoms with E-state index in [1.165, 1.54) is 0 Å². The van der Waals surface area contributed by atoms with Crippen LogP contribution in [0.3, 0.4) is 0 Å². The zero-order valence-corrected chi connectivity index (χ0v) is 6.62. The first-order valence-electron chi connectivity index (χ1n) is 2.61. The van der Waals surface area contributed by atoms with Gasteiger partial charge in [-0.05, 0) is 33.8 Å². The highest BCUT2D eigenvalue weighted by molar-refractivity contribution is 8.21. The first kappa shape index (κ1) is 7.57. The minimum atomic E-state index is 0.125. The Balaban J connectivity index is 3.17. The van der Waals surface area contributed by atoms with E-state index in [1.807, 2.05) is 0 Å². The van der Waals surface area contributed by atoms with E-state index in [2.05, 4.69) is 0 Å². The topological polar surface area (TPSA) is 46.2 Å². The molecule has 1 aromatic carbocycles. The second-order valence-corrected chi connectivity index (χ2v) is 2.80. The maximum atomic E-state index is 9.11. The molecule has 10 heavy (non-hydrogen) atoms. The van der Waals surface area contributed by atoms with Gasteiger partial charge < -0.3 is 10.8 Å². The maximum Gasteiger partial charge on any atom is 0.132 e. The largest absolute Gasteiger partial charge is 0.507 e. The lowest BCUT2D eigenvalue weighted by Crippen LogP contribution is -1.85. The summed E-state index contributed by atoms with van der Waals surface area (Å²) in [6, 6.07) is 4.90. The number of anilines is 1. The van der Waals surface area contributed by atoms with Gasteiger partial charge in [-0.15, -0.1) is 0 Å². The molecule has 0 radical (unpaired) electrons. The normalized spacial score (nSPS) is 9.70. The summed E-state index contributed by atoms with van der Waals surface area (Å²) in [5, 5.41) is 9.11. The summed E-state index contributed by atoms with van der Waals surface area (Å²) in [5.41, 5.74) is 5.97. The number of benzene rings is 1. The zero-order valence-electron chi connectivity index (χ0n) is 5.04. The molecule has 0 unspecified atom stereocenters. The number of aromatic hydroxyl groups is 1. The Bertz CT molecular complexity index is 221. The quantitative estimate of drug-likeness (QED) is 0.644. The van der Waals surface area contributed by atoms with Gasteiger partial charge in [-0.3, -0.25) is 0 Å². The summed E-state index contributed by atoms with van der Waals surface area (Å²) in [6.45, 7) is 0. The molecule has 0 aliphatic carbocycles. The molecule has 4 heteroatoms. The summed E-state index contributed by atoms with van der Waals surface area (Å²) >= 11 is 0. The van der Waals surface area contributed by atoms with E-state index in [1.54, 1.807) is 18.2 Å². The molecule has 0 atom stereocenters. The summed E-state index contributed by atoms with van der Waals surface area (Å²) < 4.78 is 0. The number of nitrogen functional groups attached to an aromatic ring is 1. The average molecular weight is 176 g/mol. The van der Waals surface area contributed by atoms with Gasteiger partial charge in [0.1, 0.15) is 5.75 Å². The fourth-order valence-electron chi connectivity index (χ4n) is 0.626. The van der Waals surface area contributed by atoms with Crippen LogP contribution in [0.2, 0.25) is 0 Å². The van der Waals surface area contributed by atoms with Crippen LogP contribution in [-0.2, 0) is 0 Å². The molecule has 0 amide bonds. The molecule has 0 aliphatic rings. The molecule has 0 aliphatic heterocycles. The minimum absolute atomic E-state index is 0.125. The Labute approximate surface area is 67.5 Å². The van der Waals surface area contributed by atoms with Crippen LogP contribution in [0.4, 0.5) is 5.69 Å². The lowest BCUT2D eigenvalue weighted by Gasteiger charge is -2.01. The van der Waals surface area contributed by atoms with Crippen molar-refractivity contribution in [3.05, 3.63) is 18.2 Å². The number of halogens is 1. The van der Waals surface area contributed by atoms with Crippen molar-refractivity contribution in [2.24, 2.45) is 0 Å². The summed E-state index contributed by atoms with van der Waals surface area (Å²) in [7, 11) is 6.33. The van der Waals surface area contributed by atoms with Gasteiger partial charge in [0.15, 0.2) is 0 Å². The Morgan fingerprint density at radius 2 is 2.20 bits per heavy atom.